The van der Waals surface area contributed by atoms with Crippen molar-refractivity contribution in [2.45, 2.75) is 77.8 Å². The Morgan fingerprint density at radius 3 is 0.949 bits per heavy atom. The van der Waals surface area contributed by atoms with Gasteiger partial charge in [-0.3, -0.25) is 0 Å². The molecule has 59 heavy (non-hydrogen) atoms. The highest BCUT2D eigenvalue weighted by Crippen LogP contribution is 2.43. The Morgan fingerprint density at radius 1 is 0.373 bits per heavy atom. The van der Waals surface area contributed by atoms with Crippen molar-refractivity contribution >= 4 is 81.2 Å². The molecule has 0 amide bonds. The highest BCUT2D eigenvalue weighted by atomic mass is 19.1. The van der Waals surface area contributed by atoms with Gasteiger partial charge in [0.1, 0.15) is 22.8 Å². The van der Waals surface area contributed by atoms with E-state index in [4.69, 9.17) is 23.0 Å². The first-order valence-electron chi connectivity index (χ1n) is 20.0. The lowest BCUT2D eigenvalue weighted by atomic mass is 9.79. The monoisotopic (exact) mass is 790 g/mol. The molecular weight excluding hydrogens is 744 g/mol. The molecule has 0 radical (unpaired) electrons. The number of benzene rings is 6. The van der Waals surface area contributed by atoms with Crippen LogP contribution in [-0.4, -0.2) is 36.6 Å². The molecule has 6 aromatic carbocycles. The fourth-order valence-corrected chi connectivity index (χ4v) is 7.63. The third kappa shape index (κ3) is 7.00. The quantitative estimate of drug-likeness (QED) is 0.142. The minimum absolute atomic E-state index is 0.318. The van der Waals surface area contributed by atoms with Crippen LogP contribution in [0.5, 0.6) is 0 Å². The molecule has 0 bridgehead atoms. The zero-order chi connectivity index (χ0) is 41.5. The predicted octanol–water partition coefficient (Wildman–Crippen LogP) is 11.4. The van der Waals surface area contributed by atoms with Crippen LogP contribution in [0.15, 0.2) is 138 Å². The minimum Gasteiger partial charge on any atom is -0.456 e. The van der Waals surface area contributed by atoms with Gasteiger partial charge in [-0.25, -0.2) is 8.78 Å². The molecule has 2 saturated heterocycles. The molecular formula is C48H46B2F2N2O5. The Hall–Kier alpha value is -5.45. The van der Waals surface area contributed by atoms with Gasteiger partial charge >= 0.3 is 14.2 Å². The Bertz CT molecular complexity index is 2450. The average molecular weight is 791 g/mol. The van der Waals surface area contributed by atoms with Gasteiger partial charge in [0, 0.05) is 44.9 Å². The van der Waals surface area contributed by atoms with E-state index < -0.39 is 36.6 Å². The molecule has 0 unspecified atom stereocenters. The first kappa shape index (κ1) is 39.0. The van der Waals surface area contributed by atoms with Crippen LogP contribution in [0.3, 0.4) is 0 Å². The fraction of sp³-hybridized carbons (Fsp3) is 0.250. The topological polar surface area (TPSA) is 56.5 Å². The van der Waals surface area contributed by atoms with Crippen LogP contribution in [-0.2, 0) is 18.6 Å². The van der Waals surface area contributed by atoms with E-state index >= 15 is 0 Å². The molecule has 1 aromatic heterocycles. The SMILES string of the molecule is CC1(C)OB(c2ccc(N(c3ccc(F)cc3)c3ccc4oc5ccc(N(c6ccc(F)cc6)c6ccc(B7OC(C)(C)C(C)(C)O7)cc6)cc5c4c3)cc2)OC1(C)C. The molecule has 0 spiro atoms. The van der Waals surface area contributed by atoms with Gasteiger partial charge in [0.2, 0.25) is 0 Å². The maximum absolute atomic E-state index is 14.3. The van der Waals surface area contributed by atoms with Gasteiger partial charge in [-0.05, 0) is 176 Å². The molecule has 298 valence electrons. The third-order valence-electron chi connectivity index (χ3n) is 12.5. The molecule has 7 aromatic rings. The molecule has 0 saturated carbocycles. The van der Waals surface area contributed by atoms with Crippen LogP contribution in [0.25, 0.3) is 21.9 Å². The van der Waals surface area contributed by atoms with E-state index in [1.54, 1.807) is 24.3 Å². The minimum atomic E-state index is -0.501. The van der Waals surface area contributed by atoms with Crippen molar-refractivity contribution in [2.75, 3.05) is 9.80 Å². The van der Waals surface area contributed by atoms with E-state index in [2.05, 4.69) is 21.9 Å². The second-order valence-corrected chi connectivity index (χ2v) is 17.4. The second kappa shape index (κ2) is 14.1. The summed E-state index contributed by atoms with van der Waals surface area (Å²) in [4.78, 5) is 4.17. The first-order chi connectivity index (χ1) is 28.0. The third-order valence-corrected chi connectivity index (χ3v) is 12.5. The van der Waals surface area contributed by atoms with Crippen molar-refractivity contribution < 1.29 is 31.8 Å². The average Bonchev–Trinajstić information content (AvgIpc) is 3.76. The lowest BCUT2D eigenvalue weighted by Crippen LogP contribution is -2.41. The Labute approximate surface area is 344 Å². The number of hydrogen-bond acceptors (Lipinski definition) is 7. The molecule has 0 N–H and O–H groups in total. The largest absolute Gasteiger partial charge is 0.494 e. The normalized spacial score (nSPS) is 17.9. The zero-order valence-corrected chi connectivity index (χ0v) is 34.5. The van der Waals surface area contributed by atoms with Crippen LogP contribution in [0.2, 0.25) is 0 Å². The van der Waals surface area contributed by atoms with Gasteiger partial charge in [-0.1, -0.05) is 24.3 Å². The Morgan fingerprint density at radius 2 is 0.644 bits per heavy atom. The van der Waals surface area contributed by atoms with Gasteiger partial charge in [-0.15, -0.1) is 0 Å². The molecule has 2 aliphatic heterocycles. The summed E-state index contributed by atoms with van der Waals surface area (Å²) in [7, 11) is -1.00. The smallest absolute Gasteiger partial charge is 0.456 e. The lowest BCUT2D eigenvalue weighted by Gasteiger charge is -2.32. The number of halogens is 2. The maximum Gasteiger partial charge on any atom is 0.494 e. The number of hydrogen-bond donors (Lipinski definition) is 0. The van der Waals surface area contributed by atoms with E-state index in [1.807, 2.05) is 128 Å². The maximum atomic E-state index is 14.3. The number of anilines is 6. The van der Waals surface area contributed by atoms with Crippen molar-refractivity contribution in [2.24, 2.45) is 0 Å². The van der Waals surface area contributed by atoms with Gasteiger partial charge in [0.05, 0.1) is 22.4 Å². The van der Waals surface area contributed by atoms with Crippen LogP contribution in [0.4, 0.5) is 42.9 Å². The van der Waals surface area contributed by atoms with Crippen molar-refractivity contribution in [3.05, 3.63) is 145 Å². The molecule has 7 nitrogen and oxygen atoms in total. The predicted molar refractivity (Wildman–Crippen MR) is 234 cm³/mol. The van der Waals surface area contributed by atoms with Crippen molar-refractivity contribution in [3.63, 3.8) is 0 Å². The van der Waals surface area contributed by atoms with E-state index in [-0.39, 0.29) is 11.6 Å². The van der Waals surface area contributed by atoms with E-state index in [1.165, 1.54) is 24.3 Å². The molecule has 2 fully saturated rings. The van der Waals surface area contributed by atoms with Crippen molar-refractivity contribution in [1.82, 2.24) is 0 Å². The molecule has 0 aliphatic carbocycles. The van der Waals surface area contributed by atoms with Crippen LogP contribution in [0, 0.1) is 11.6 Å². The molecule has 9 rings (SSSR count). The number of rotatable bonds is 8. The first-order valence-corrected chi connectivity index (χ1v) is 20.0. The molecule has 11 heteroatoms. The summed E-state index contributed by atoms with van der Waals surface area (Å²) >= 11 is 0. The molecule has 2 aliphatic rings. The van der Waals surface area contributed by atoms with Crippen LogP contribution < -0.4 is 20.7 Å². The lowest BCUT2D eigenvalue weighted by molar-refractivity contribution is 0.00578. The highest BCUT2D eigenvalue weighted by Gasteiger charge is 2.52. The molecule has 3 heterocycles. The number of nitrogens with zero attached hydrogens (tertiary/aromatic N) is 2. The summed E-state index contributed by atoms with van der Waals surface area (Å²) in [5.41, 5.74) is 6.42. The molecule has 0 atom stereocenters. The van der Waals surface area contributed by atoms with E-state index in [0.29, 0.717) is 0 Å². The summed E-state index contributed by atoms with van der Waals surface area (Å²) in [6.45, 7) is 16.3. The Balaban J connectivity index is 1.10. The van der Waals surface area contributed by atoms with E-state index in [0.717, 1.165) is 67.0 Å². The van der Waals surface area contributed by atoms with Crippen LogP contribution >= 0.6 is 0 Å². The van der Waals surface area contributed by atoms with Gasteiger partial charge < -0.3 is 32.8 Å². The van der Waals surface area contributed by atoms with Crippen molar-refractivity contribution in [1.29, 1.82) is 0 Å². The fourth-order valence-electron chi connectivity index (χ4n) is 7.63. The summed E-state index contributed by atoms with van der Waals surface area (Å²) in [6.07, 6.45) is 0. The summed E-state index contributed by atoms with van der Waals surface area (Å²) in [5.74, 6) is -0.635. The van der Waals surface area contributed by atoms with E-state index in [9.17, 15) is 8.78 Å². The summed E-state index contributed by atoms with van der Waals surface area (Å²) in [5, 5.41) is 1.80. The van der Waals surface area contributed by atoms with Gasteiger partial charge in [-0.2, -0.15) is 0 Å². The second-order valence-electron chi connectivity index (χ2n) is 17.4. The van der Waals surface area contributed by atoms with Gasteiger partial charge in [0.15, 0.2) is 0 Å². The van der Waals surface area contributed by atoms with Crippen molar-refractivity contribution in [3.8, 4) is 0 Å². The van der Waals surface area contributed by atoms with Gasteiger partial charge in [0.25, 0.3) is 0 Å². The number of furan rings is 1. The zero-order valence-electron chi connectivity index (χ0n) is 34.5. The highest BCUT2D eigenvalue weighted by molar-refractivity contribution is 6.62. The van der Waals surface area contributed by atoms with Crippen LogP contribution in [0.1, 0.15) is 55.4 Å². The summed E-state index contributed by atoms with van der Waals surface area (Å²) < 4.78 is 60.2. The Kier molecular flexibility index (Phi) is 9.32. The summed E-state index contributed by atoms with van der Waals surface area (Å²) in [6, 6.07) is 41.2. The number of fused-ring (bicyclic) bond motifs is 3. The standard InChI is InChI=1S/C48H46B2F2N2O5/c1-45(2)46(3,4)57-49(56-45)31-9-17-35(18-10-31)53(37-21-13-33(51)14-22-37)39-25-27-43-41(29-39)42-30-40(26-28-44(42)55-43)54(38-23-15-34(52)16-24-38)36-19-11-32(12-20-36)50-58-47(5,6)48(7,8)59-50/h9-30H,1-8H3.